The molecule has 0 N–H and O–H groups in total. The van der Waals surface area contributed by atoms with E-state index in [2.05, 4.69) is 102 Å². The molecule has 0 amide bonds. The second kappa shape index (κ2) is 10.2. The van der Waals surface area contributed by atoms with Gasteiger partial charge in [-0.3, -0.25) is 4.79 Å². The summed E-state index contributed by atoms with van der Waals surface area (Å²) >= 11 is 0. The lowest BCUT2D eigenvalue weighted by molar-refractivity contribution is -0.139. The molecule has 0 bridgehead atoms. The third-order valence-corrected chi connectivity index (χ3v) is 11.0. The average Bonchev–Trinajstić information content (AvgIpc) is 2.72. The highest BCUT2D eigenvalue weighted by Gasteiger charge is 2.50. The Morgan fingerprint density at radius 2 is 1.38 bits per heavy atom. The fourth-order valence-electron chi connectivity index (χ4n) is 4.24. The SMILES string of the molecule is CCC(C)[C@@H](OC=O)[C@@H](C)CO[Si](c1ccccc1)(c1ccccc1)C(C)(C)C. The van der Waals surface area contributed by atoms with Crippen LogP contribution in [0.15, 0.2) is 60.7 Å². The van der Waals surface area contributed by atoms with Crippen molar-refractivity contribution in [3.05, 3.63) is 60.7 Å². The van der Waals surface area contributed by atoms with Crippen LogP contribution in [0.1, 0.15) is 48.0 Å². The van der Waals surface area contributed by atoms with Gasteiger partial charge < -0.3 is 9.16 Å². The van der Waals surface area contributed by atoms with Gasteiger partial charge in [-0.1, -0.05) is 109 Å². The summed E-state index contributed by atoms with van der Waals surface area (Å²) in [5.74, 6) is 0.398. The fourth-order valence-corrected chi connectivity index (χ4v) is 8.91. The highest BCUT2D eigenvalue weighted by molar-refractivity contribution is 6.99. The van der Waals surface area contributed by atoms with Crippen molar-refractivity contribution in [2.75, 3.05) is 6.61 Å². The Morgan fingerprint density at radius 3 is 1.76 bits per heavy atom. The summed E-state index contributed by atoms with van der Waals surface area (Å²) < 4.78 is 12.5. The maximum absolute atomic E-state index is 11.1. The number of benzene rings is 2. The van der Waals surface area contributed by atoms with Crippen LogP contribution in [0.5, 0.6) is 0 Å². The Bertz CT molecular complexity index is 700. The fraction of sp³-hybridized carbons (Fsp3) is 0.480. The third kappa shape index (κ3) is 5.17. The minimum absolute atomic E-state index is 0.0627. The number of hydrogen-bond donors (Lipinski definition) is 0. The first-order valence-corrected chi connectivity index (χ1v) is 12.5. The first-order chi connectivity index (χ1) is 13.8. The van der Waals surface area contributed by atoms with Crippen LogP contribution in [-0.4, -0.2) is 27.5 Å². The van der Waals surface area contributed by atoms with E-state index in [1.165, 1.54) is 10.4 Å². The van der Waals surface area contributed by atoms with Crippen molar-refractivity contribution >= 4 is 25.2 Å². The van der Waals surface area contributed by atoms with Crippen molar-refractivity contribution in [2.45, 2.75) is 59.1 Å². The van der Waals surface area contributed by atoms with Crippen molar-refractivity contribution in [1.82, 2.24) is 0 Å². The molecule has 3 atom stereocenters. The molecule has 29 heavy (non-hydrogen) atoms. The summed E-state index contributed by atoms with van der Waals surface area (Å²) in [5.41, 5.74) is 0. The van der Waals surface area contributed by atoms with Crippen LogP contribution in [0.3, 0.4) is 0 Å². The number of rotatable bonds is 10. The van der Waals surface area contributed by atoms with Gasteiger partial charge >= 0.3 is 0 Å². The zero-order valence-corrected chi connectivity index (χ0v) is 19.7. The number of ether oxygens (including phenoxy) is 1. The normalized spacial score (nSPS) is 15.4. The highest BCUT2D eigenvalue weighted by atomic mass is 28.4. The largest absolute Gasteiger partial charge is 0.464 e. The van der Waals surface area contributed by atoms with Crippen LogP contribution in [0.2, 0.25) is 5.04 Å². The predicted molar refractivity (Wildman–Crippen MR) is 123 cm³/mol. The predicted octanol–water partition coefficient (Wildman–Crippen LogP) is 4.79. The molecule has 158 valence electrons. The van der Waals surface area contributed by atoms with Gasteiger partial charge in [-0.2, -0.15) is 0 Å². The van der Waals surface area contributed by atoms with Crippen LogP contribution in [-0.2, 0) is 14.0 Å². The summed E-state index contributed by atoms with van der Waals surface area (Å²) in [6.07, 6.45) is 0.818. The number of hydrogen-bond acceptors (Lipinski definition) is 3. The summed E-state index contributed by atoms with van der Waals surface area (Å²) in [7, 11) is -2.57. The van der Waals surface area contributed by atoms with Crippen LogP contribution in [0.25, 0.3) is 0 Å². The Kier molecular flexibility index (Phi) is 8.23. The lowest BCUT2D eigenvalue weighted by Crippen LogP contribution is -2.67. The van der Waals surface area contributed by atoms with E-state index in [9.17, 15) is 4.79 Å². The lowest BCUT2D eigenvalue weighted by atomic mass is 9.92. The Morgan fingerprint density at radius 1 is 0.897 bits per heavy atom. The van der Waals surface area contributed by atoms with Crippen LogP contribution in [0, 0.1) is 11.8 Å². The molecule has 0 aliphatic carbocycles. The van der Waals surface area contributed by atoms with Gasteiger partial charge in [0.15, 0.2) is 0 Å². The van der Waals surface area contributed by atoms with E-state index < -0.39 is 8.32 Å². The van der Waals surface area contributed by atoms with Crippen molar-refractivity contribution in [2.24, 2.45) is 11.8 Å². The minimum Gasteiger partial charge on any atom is -0.464 e. The first-order valence-electron chi connectivity index (χ1n) is 10.6. The molecule has 1 unspecified atom stereocenters. The molecule has 0 aliphatic rings. The molecule has 0 radical (unpaired) electrons. The van der Waals surface area contributed by atoms with Crippen molar-refractivity contribution in [3.63, 3.8) is 0 Å². The maximum Gasteiger partial charge on any atom is 0.293 e. The maximum atomic E-state index is 11.1. The van der Waals surface area contributed by atoms with Crippen LogP contribution in [0.4, 0.5) is 0 Å². The topological polar surface area (TPSA) is 35.5 Å². The van der Waals surface area contributed by atoms with Gasteiger partial charge in [-0.25, -0.2) is 0 Å². The Hall–Kier alpha value is -1.91. The molecule has 0 heterocycles. The van der Waals surface area contributed by atoms with Crippen LogP contribution < -0.4 is 10.4 Å². The molecule has 2 rings (SSSR count). The molecule has 2 aromatic carbocycles. The van der Waals surface area contributed by atoms with Gasteiger partial charge in [0, 0.05) is 12.5 Å². The van der Waals surface area contributed by atoms with E-state index >= 15 is 0 Å². The van der Waals surface area contributed by atoms with E-state index in [-0.39, 0.29) is 23.0 Å². The Labute approximate surface area is 177 Å². The number of carbonyl (C=O) groups excluding carboxylic acids is 1. The molecule has 0 aromatic heterocycles. The zero-order valence-electron chi connectivity index (χ0n) is 18.7. The highest BCUT2D eigenvalue weighted by Crippen LogP contribution is 2.37. The summed E-state index contributed by atoms with van der Waals surface area (Å²) in [5, 5.41) is 2.47. The van der Waals surface area contributed by atoms with Gasteiger partial charge in [-0.15, -0.1) is 0 Å². The second-order valence-corrected chi connectivity index (χ2v) is 13.3. The van der Waals surface area contributed by atoms with Gasteiger partial charge in [0.2, 0.25) is 0 Å². The van der Waals surface area contributed by atoms with Crippen molar-refractivity contribution < 1.29 is 14.0 Å². The standard InChI is InChI=1S/C25H36O3Si/c1-7-20(2)24(27-19-26)21(3)18-28-29(25(4,5)6,22-14-10-8-11-15-22)23-16-12-9-13-17-23/h8-17,19-21,24H,7,18H2,1-6H3/t20?,21-,24+/m0/s1. The molecule has 0 saturated carbocycles. The monoisotopic (exact) mass is 412 g/mol. The molecule has 0 saturated heterocycles. The summed E-state index contributed by atoms with van der Waals surface area (Å²) in [6.45, 7) is 14.3. The van der Waals surface area contributed by atoms with Crippen molar-refractivity contribution in [1.29, 1.82) is 0 Å². The zero-order chi connectivity index (χ0) is 21.5. The second-order valence-electron chi connectivity index (χ2n) is 9.03. The summed E-state index contributed by atoms with van der Waals surface area (Å²) in [4.78, 5) is 11.1. The quantitative estimate of drug-likeness (QED) is 0.416. The minimum atomic E-state index is -2.57. The molecular weight excluding hydrogens is 376 g/mol. The molecule has 0 spiro atoms. The van der Waals surface area contributed by atoms with E-state index in [0.717, 1.165) is 6.42 Å². The average molecular weight is 413 g/mol. The van der Waals surface area contributed by atoms with E-state index in [1.54, 1.807) is 0 Å². The first kappa shape index (κ1) is 23.4. The Balaban J connectivity index is 2.47. The molecule has 0 aliphatic heterocycles. The van der Waals surface area contributed by atoms with Gasteiger partial charge in [-0.05, 0) is 21.3 Å². The smallest absolute Gasteiger partial charge is 0.293 e. The summed E-state index contributed by atoms with van der Waals surface area (Å²) in [6, 6.07) is 21.3. The van der Waals surface area contributed by atoms with Gasteiger partial charge in [0.1, 0.15) is 6.10 Å². The van der Waals surface area contributed by atoms with Crippen LogP contribution >= 0.6 is 0 Å². The van der Waals surface area contributed by atoms with E-state index in [1.807, 2.05) is 0 Å². The molecule has 2 aromatic rings. The molecule has 3 nitrogen and oxygen atoms in total. The van der Waals surface area contributed by atoms with Gasteiger partial charge in [0.05, 0.1) is 0 Å². The molecular formula is C25H36O3Si. The molecule has 0 fully saturated rings. The molecule has 4 heteroatoms. The van der Waals surface area contributed by atoms with Crippen molar-refractivity contribution in [3.8, 4) is 0 Å². The lowest BCUT2D eigenvalue weighted by Gasteiger charge is -2.44. The number of carbonyl (C=O) groups is 1. The van der Waals surface area contributed by atoms with E-state index in [0.29, 0.717) is 13.1 Å². The van der Waals surface area contributed by atoms with E-state index in [4.69, 9.17) is 9.16 Å². The van der Waals surface area contributed by atoms with Gasteiger partial charge in [0.25, 0.3) is 14.8 Å². The third-order valence-electron chi connectivity index (χ3n) is 5.96.